The molecule has 0 bridgehead atoms. The number of carboxylic acids is 1. The van der Waals surface area contributed by atoms with Crippen molar-refractivity contribution in [3.63, 3.8) is 0 Å². The van der Waals surface area contributed by atoms with Crippen molar-refractivity contribution in [1.82, 2.24) is 10.6 Å². The van der Waals surface area contributed by atoms with Gasteiger partial charge in [0.1, 0.15) is 0 Å². The van der Waals surface area contributed by atoms with Crippen LogP contribution < -0.4 is 10.6 Å². The van der Waals surface area contributed by atoms with Gasteiger partial charge in [-0.05, 0) is 19.8 Å². The number of nitrogens with one attached hydrogen (secondary N) is 2. The molecule has 0 aliphatic heterocycles. The summed E-state index contributed by atoms with van der Waals surface area (Å²) in [5.74, 6) is -1.30. The van der Waals surface area contributed by atoms with Crippen LogP contribution in [0.2, 0.25) is 0 Å². The molecule has 1 atom stereocenters. The van der Waals surface area contributed by atoms with Gasteiger partial charge in [-0.3, -0.25) is 9.59 Å². The summed E-state index contributed by atoms with van der Waals surface area (Å²) in [6.07, 6.45) is 4.22. The fourth-order valence-corrected chi connectivity index (χ4v) is 2.11. The minimum Gasteiger partial charge on any atom is -0.481 e. The van der Waals surface area contributed by atoms with Gasteiger partial charge in [0.15, 0.2) is 0 Å². The fourth-order valence-electron chi connectivity index (χ4n) is 2.11. The molecule has 104 valence electrons. The van der Waals surface area contributed by atoms with Crippen molar-refractivity contribution in [2.24, 2.45) is 0 Å². The molecule has 0 radical (unpaired) electrons. The summed E-state index contributed by atoms with van der Waals surface area (Å²) in [4.78, 5) is 22.0. The van der Waals surface area contributed by atoms with Crippen LogP contribution in [0.3, 0.4) is 0 Å². The highest BCUT2D eigenvalue weighted by Gasteiger charge is 2.25. The van der Waals surface area contributed by atoms with E-state index in [-0.39, 0.29) is 25.4 Å². The maximum absolute atomic E-state index is 11.5. The van der Waals surface area contributed by atoms with Crippen molar-refractivity contribution in [1.29, 1.82) is 0 Å². The van der Waals surface area contributed by atoms with Crippen molar-refractivity contribution < 1.29 is 19.8 Å². The normalized spacial score (nSPS) is 19.4. The molecule has 1 unspecified atom stereocenters. The maximum atomic E-state index is 11.5. The second-order valence-electron chi connectivity index (χ2n) is 5.21. The number of rotatable bonds is 7. The molecule has 6 nitrogen and oxygen atoms in total. The van der Waals surface area contributed by atoms with E-state index in [1.165, 1.54) is 19.8 Å². The van der Waals surface area contributed by atoms with Crippen molar-refractivity contribution in [2.75, 3.05) is 13.1 Å². The van der Waals surface area contributed by atoms with E-state index in [9.17, 15) is 14.7 Å². The third-order valence-corrected chi connectivity index (χ3v) is 3.10. The number of amides is 1. The van der Waals surface area contributed by atoms with Gasteiger partial charge in [0.05, 0.1) is 18.6 Å². The number of aliphatic hydroxyl groups is 1. The summed E-state index contributed by atoms with van der Waals surface area (Å²) in [5, 5.41) is 24.0. The number of carbonyl (C=O) groups is 2. The van der Waals surface area contributed by atoms with E-state index in [0.717, 1.165) is 12.8 Å². The molecule has 4 N–H and O–H groups in total. The Hall–Kier alpha value is -1.14. The molecule has 6 heteroatoms. The zero-order chi connectivity index (χ0) is 13.6. The molecule has 1 rings (SSSR count). The molecule has 18 heavy (non-hydrogen) atoms. The third-order valence-electron chi connectivity index (χ3n) is 3.10. The summed E-state index contributed by atoms with van der Waals surface area (Å²) in [7, 11) is 0. The van der Waals surface area contributed by atoms with E-state index in [0.29, 0.717) is 6.04 Å². The Morgan fingerprint density at radius 2 is 1.94 bits per heavy atom. The van der Waals surface area contributed by atoms with Crippen molar-refractivity contribution >= 4 is 11.9 Å². The first kappa shape index (κ1) is 14.9. The van der Waals surface area contributed by atoms with Gasteiger partial charge < -0.3 is 20.8 Å². The largest absolute Gasteiger partial charge is 0.481 e. The first-order chi connectivity index (χ1) is 8.39. The first-order valence-electron chi connectivity index (χ1n) is 6.33. The quantitative estimate of drug-likeness (QED) is 0.509. The van der Waals surface area contributed by atoms with Crippen molar-refractivity contribution in [3.05, 3.63) is 0 Å². The Morgan fingerprint density at radius 3 is 2.50 bits per heavy atom. The van der Waals surface area contributed by atoms with Crippen molar-refractivity contribution in [3.8, 4) is 0 Å². The van der Waals surface area contributed by atoms with Crippen LogP contribution in [0, 0.1) is 0 Å². The lowest BCUT2D eigenvalue weighted by atomic mass is 10.0. The highest BCUT2D eigenvalue weighted by atomic mass is 16.4. The Bertz CT molecular complexity index is 298. The van der Waals surface area contributed by atoms with Gasteiger partial charge in [-0.15, -0.1) is 0 Å². The van der Waals surface area contributed by atoms with Crippen LogP contribution >= 0.6 is 0 Å². The van der Waals surface area contributed by atoms with Gasteiger partial charge in [0.25, 0.3) is 0 Å². The molecule has 1 aliphatic carbocycles. The highest BCUT2D eigenvalue weighted by Crippen LogP contribution is 2.17. The molecule has 0 aromatic carbocycles. The topological polar surface area (TPSA) is 98.7 Å². The standard InChI is InChI=1S/C12H22N2O4/c1-12(18,6-11(16)17)8-14-10(15)7-13-9-4-2-3-5-9/h9,13,18H,2-8H2,1H3,(H,14,15)(H,16,17). The molecular weight excluding hydrogens is 236 g/mol. The van der Waals surface area contributed by atoms with Gasteiger partial charge in [-0.2, -0.15) is 0 Å². The predicted molar refractivity (Wildman–Crippen MR) is 66.1 cm³/mol. The summed E-state index contributed by atoms with van der Waals surface area (Å²) in [5.41, 5.74) is -1.41. The Labute approximate surface area is 107 Å². The number of hydrogen-bond donors (Lipinski definition) is 4. The summed E-state index contributed by atoms with van der Waals surface area (Å²) in [6, 6.07) is 0.412. The van der Waals surface area contributed by atoms with Crippen LogP contribution in [0.5, 0.6) is 0 Å². The number of aliphatic carboxylic acids is 1. The van der Waals surface area contributed by atoms with Gasteiger partial charge in [0.2, 0.25) is 5.91 Å². The van der Waals surface area contributed by atoms with Crippen LogP contribution in [0.15, 0.2) is 0 Å². The SMILES string of the molecule is CC(O)(CNC(=O)CNC1CCCC1)CC(=O)O. The molecule has 0 saturated heterocycles. The maximum Gasteiger partial charge on any atom is 0.306 e. The summed E-state index contributed by atoms with van der Waals surface area (Å²) in [6.45, 7) is 1.56. The monoisotopic (exact) mass is 258 g/mol. The van der Waals surface area contributed by atoms with Crippen LogP contribution in [0.1, 0.15) is 39.0 Å². The van der Waals surface area contributed by atoms with E-state index in [1.807, 2.05) is 0 Å². The predicted octanol–water partition coefficient (Wildman–Crippen LogP) is -0.139. The first-order valence-corrected chi connectivity index (χ1v) is 6.33. The number of carbonyl (C=O) groups excluding carboxylic acids is 1. The van der Waals surface area contributed by atoms with E-state index in [1.54, 1.807) is 0 Å². The minimum atomic E-state index is -1.41. The average Bonchev–Trinajstić information content (AvgIpc) is 2.74. The Balaban J connectivity index is 2.17. The van der Waals surface area contributed by atoms with E-state index >= 15 is 0 Å². The van der Waals surface area contributed by atoms with Crippen molar-refractivity contribution in [2.45, 2.75) is 50.7 Å². The zero-order valence-electron chi connectivity index (χ0n) is 10.7. The second kappa shape index (κ2) is 6.70. The van der Waals surface area contributed by atoms with Gasteiger partial charge >= 0.3 is 5.97 Å². The fraction of sp³-hybridized carbons (Fsp3) is 0.833. The molecule has 1 amide bonds. The van der Waals surface area contributed by atoms with Crippen LogP contribution in [-0.2, 0) is 9.59 Å². The number of carboxylic acid groups (broad SMARTS) is 1. The third kappa shape index (κ3) is 5.97. The summed E-state index contributed by atoms with van der Waals surface area (Å²) >= 11 is 0. The lowest BCUT2D eigenvalue weighted by Crippen LogP contribution is -2.45. The van der Waals surface area contributed by atoms with Gasteiger partial charge in [-0.25, -0.2) is 0 Å². The molecule has 0 spiro atoms. The molecule has 1 fully saturated rings. The Morgan fingerprint density at radius 1 is 1.33 bits per heavy atom. The Kier molecular flexibility index (Phi) is 5.55. The summed E-state index contributed by atoms with van der Waals surface area (Å²) < 4.78 is 0. The van der Waals surface area contributed by atoms with Gasteiger partial charge in [0, 0.05) is 12.6 Å². The molecule has 1 saturated carbocycles. The van der Waals surface area contributed by atoms with E-state index < -0.39 is 11.6 Å². The highest BCUT2D eigenvalue weighted by molar-refractivity contribution is 5.78. The average molecular weight is 258 g/mol. The van der Waals surface area contributed by atoms with E-state index in [4.69, 9.17) is 5.11 Å². The van der Waals surface area contributed by atoms with Crippen LogP contribution in [-0.4, -0.2) is 46.8 Å². The second-order valence-corrected chi connectivity index (χ2v) is 5.21. The minimum absolute atomic E-state index is 0.0511. The van der Waals surface area contributed by atoms with E-state index in [2.05, 4.69) is 10.6 Å². The lowest BCUT2D eigenvalue weighted by Gasteiger charge is -2.21. The molecule has 0 aromatic rings. The molecule has 0 heterocycles. The molecule has 1 aliphatic rings. The van der Waals surface area contributed by atoms with Crippen LogP contribution in [0.25, 0.3) is 0 Å². The van der Waals surface area contributed by atoms with Crippen LogP contribution in [0.4, 0.5) is 0 Å². The molecule has 0 aromatic heterocycles. The number of hydrogen-bond acceptors (Lipinski definition) is 4. The zero-order valence-corrected chi connectivity index (χ0v) is 10.7. The molecular formula is C12H22N2O4. The smallest absolute Gasteiger partial charge is 0.306 e. The van der Waals surface area contributed by atoms with Gasteiger partial charge in [-0.1, -0.05) is 12.8 Å². The lowest BCUT2D eigenvalue weighted by molar-refractivity contribution is -0.142.